The Kier molecular flexibility index (Phi) is 4.92. The molecule has 1 saturated heterocycles. The highest BCUT2D eigenvalue weighted by molar-refractivity contribution is 7.14. The lowest BCUT2D eigenvalue weighted by atomic mass is 10.0. The molecular formula is C13H17N3O4S. The van der Waals surface area contributed by atoms with Crippen LogP contribution in [0.25, 0.3) is 0 Å². The molecule has 8 heteroatoms. The molecule has 7 nitrogen and oxygen atoms in total. The molecule has 1 aromatic heterocycles. The Morgan fingerprint density at radius 2 is 2.19 bits per heavy atom. The van der Waals surface area contributed by atoms with Gasteiger partial charge in [0.2, 0.25) is 5.91 Å². The van der Waals surface area contributed by atoms with Gasteiger partial charge in [0.25, 0.3) is 5.91 Å². The molecule has 0 aromatic carbocycles. The van der Waals surface area contributed by atoms with E-state index in [9.17, 15) is 14.4 Å². The smallest absolute Gasteiger partial charge is 0.320 e. The van der Waals surface area contributed by atoms with E-state index in [0.717, 1.165) is 12.8 Å². The fourth-order valence-electron chi connectivity index (χ4n) is 2.41. The molecule has 4 N–H and O–H groups in total. The first-order chi connectivity index (χ1) is 9.99. The molecule has 1 fully saturated rings. The van der Waals surface area contributed by atoms with E-state index in [1.807, 2.05) is 0 Å². The number of carbonyl (C=O) groups is 3. The molecule has 1 aromatic rings. The molecule has 1 atom stereocenters. The van der Waals surface area contributed by atoms with E-state index < -0.39 is 17.9 Å². The highest BCUT2D eigenvalue weighted by Gasteiger charge is 2.29. The number of carbonyl (C=O) groups excluding carboxylic acids is 2. The van der Waals surface area contributed by atoms with E-state index in [2.05, 4.69) is 5.32 Å². The minimum absolute atomic E-state index is 0.00688. The zero-order chi connectivity index (χ0) is 15.4. The van der Waals surface area contributed by atoms with Gasteiger partial charge in [0.15, 0.2) is 0 Å². The summed E-state index contributed by atoms with van der Waals surface area (Å²) in [5, 5.41) is 13.8. The van der Waals surface area contributed by atoms with E-state index in [4.69, 9.17) is 10.8 Å². The number of rotatable bonds is 5. The summed E-state index contributed by atoms with van der Waals surface area (Å²) < 4.78 is 0. The summed E-state index contributed by atoms with van der Waals surface area (Å²) in [6.07, 6.45) is 2.28. The van der Waals surface area contributed by atoms with Crippen molar-refractivity contribution in [2.75, 3.05) is 18.4 Å². The number of anilines is 1. The van der Waals surface area contributed by atoms with Gasteiger partial charge in [-0.3, -0.25) is 19.3 Å². The van der Waals surface area contributed by atoms with Gasteiger partial charge < -0.3 is 16.2 Å². The number of amides is 2. The lowest BCUT2D eigenvalue weighted by Crippen LogP contribution is -2.47. The van der Waals surface area contributed by atoms with Crippen LogP contribution in [0.5, 0.6) is 0 Å². The SMILES string of the molecule is NC(=O)c1ccsc1NC(=O)CN1CCCCC1C(=O)O. The van der Waals surface area contributed by atoms with E-state index in [-0.39, 0.29) is 18.0 Å². The molecular weight excluding hydrogens is 294 g/mol. The standard InChI is InChI=1S/C13H17N3O4S/c14-11(18)8-4-6-21-12(8)15-10(17)7-16-5-2-1-3-9(16)13(19)20/h4,6,9H,1-3,5,7H2,(H2,14,18)(H,15,17)(H,19,20). The molecule has 114 valence electrons. The van der Waals surface area contributed by atoms with Crippen molar-refractivity contribution < 1.29 is 19.5 Å². The van der Waals surface area contributed by atoms with Gasteiger partial charge in [0.1, 0.15) is 11.0 Å². The van der Waals surface area contributed by atoms with Gasteiger partial charge in [-0.1, -0.05) is 6.42 Å². The second kappa shape index (κ2) is 6.68. The van der Waals surface area contributed by atoms with Crippen LogP contribution in [0.4, 0.5) is 5.00 Å². The Hall–Kier alpha value is -1.93. The maximum Gasteiger partial charge on any atom is 0.320 e. The Labute approximate surface area is 125 Å². The minimum Gasteiger partial charge on any atom is -0.480 e. The van der Waals surface area contributed by atoms with Gasteiger partial charge in [0.05, 0.1) is 12.1 Å². The van der Waals surface area contributed by atoms with Crippen molar-refractivity contribution >= 4 is 34.1 Å². The number of aliphatic carboxylic acids is 1. The molecule has 0 saturated carbocycles. The van der Waals surface area contributed by atoms with Crippen molar-refractivity contribution in [3.05, 3.63) is 17.0 Å². The monoisotopic (exact) mass is 311 g/mol. The van der Waals surface area contributed by atoms with Gasteiger partial charge in [-0.2, -0.15) is 0 Å². The van der Waals surface area contributed by atoms with Crippen LogP contribution in [-0.2, 0) is 9.59 Å². The van der Waals surface area contributed by atoms with Crippen molar-refractivity contribution in [3.63, 3.8) is 0 Å². The second-order valence-electron chi connectivity index (χ2n) is 4.90. The van der Waals surface area contributed by atoms with E-state index in [1.165, 1.54) is 11.3 Å². The van der Waals surface area contributed by atoms with Crippen molar-refractivity contribution in [1.29, 1.82) is 0 Å². The zero-order valence-corrected chi connectivity index (χ0v) is 12.2. The minimum atomic E-state index is -0.906. The van der Waals surface area contributed by atoms with Gasteiger partial charge >= 0.3 is 5.97 Å². The summed E-state index contributed by atoms with van der Waals surface area (Å²) in [4.78, 5) is 36.0. The number of likely N-dealkylation sites (tertiary alicyclic amines) is 1. The number of nitrogens with zero attached hydrogens (tertiary/aromatic N) is 1. The van der Waals surface area contributed by atoms with Crippen LogP contribution >= 0.6 is 11.3 Å². The second-order valence-corrected chi connectivity index (χ2v) is 5.81. The Morgan fingerprint density at radius 1 is 1.43 bits per heavy atom. The first kappa shape index (κ1) is 15.5. The number of carboxylic acid groups (broad SMARTS) is 1. The fourth-order valence-corrected chi connectivity index (χ4v) is 3.22. The number of hydrogen-bond acceptors (Lipinski definition) is 5. The summed E-state index contributed by atoms with van der Waals surface area (Å²) in [6.45, 7) is 0.574. The number of piperidine rings is 1. The average Bonchev–Trinajstić information content (AvgIpc) is 2.87. The quantitative estimate of drug-likeness (QED) is 0.742. The maximum atomic E-state index is 12.0. The highest BCUT2D eigenvalue weighted by atomic mass is 32.1. The predicted octanol–water partition coefficient (Wildman–Crippen LogP) is 0.725. The van der Waals surface area contributed by atoms with Crippen LogP contribution in [-0.4, -0.2) is 46.9 Å². The summed E-state index contributed by atoms with van der Waals surface area (Å²) in [5.41, 5.74) is 5.47. The summed E-state index contributed by atoms with van der Waals surface area (Å²) in [7, 11) is 0. The molecule has 0 spiro atoms. The van der Waals surface area contributed by atoms with Crippen LogP contribution in [0.1, 0.15) is 29.6 Å². The first-order valence-electron chi connectivity index (χ1n) is 6.63. The van der Waals surface area contributed by atoms with Gasteiger partial charge in [0, 0.05) is 0 Å². The highest BCUT2D eigenvalue weighted by Crippen LogP contribution is 2.23. The third-order valence-corrected chi connectivity index (χ3v) is 4.26. The largest absolute Gasteiger partial charge is 0.480 e. The van der Waals surface area contributed by atoms with Crippen molar-refractivity contribution in [2.45, 2.75) is 25.3 Å². The molecule has 0 aliphatic carbocycles. The average molecular weight is 311 g/mol. The van der Waals surface area contributed by atoms with Gasteiger partial charge in [-0.15, -0.1) is 11.3 Å². The molecule has 21 heavy (non-hydrogen) atoms. The third kappa shape index (κ3) is 3.79. The number of primary amides is 1. The Morgan fingerprint density at radius 3 is 2.86 bits per heavy atom. The molecule has 1 aliphatic rings. The van der Waals surface area contributed by atoms with Crippen molar-refractivity contribution in [2.24, 2.45) is 5.73 Å². The van der Waals surface area contributed by atoms with Crippen LogP contribution in [0, 0.1) is 0 Å². The number of nitrogens with one attached hydrogen (secondary N) is 1. The van der Waals surface area contributed by atoms with Crippen LogP contribution < -0.4 is 11.1 Å². The number of nitrogens with two attached hydrogens (primary N) is 1. The van der Waals surface area contributed by atoms with E-state index >= 15 is 0 Å². The fraction of sp³-hybridized carbons (Fsp3) is 0.462. The topological polar surface area (TPSA) is 113 Å². The molecule has 1 aliphatic heterocycles. The lowest BCUT2D eigenvalue weighted by Gasteiger charge is -2.32. The van der Waals surface area contributed by atoms with Crippen LogP contribution in [0.15, 0.2) is 11.4 Å². The van der Waals surface area contributed by atoms with Crippen molar-refractivity contribution in [1.82, 2.24) is 4.90 Å². The Balaban J connectivity index is 1.99. The molecule has 0 radical (unpaired) electrons. The first-order valence-corrected chi connectivity index (χ1v) is 7.51. The van der Waals surface area contributed by atoms with Crippen molar-refractivity contribution in [3.8, 4) is 0 Å². The molecule has 2 amide bonds. The van der Waals surface area contributed by atoms with Gasteiger partial charge in [-0.05, 0) is 30.8 Å². The summed E-state index contributed by atoms with van der Waals surface area (Å²) in [6, 6.07) is 0.923. The van der Waals surface area contributed by atoms with Gasteiger partial charge in [-0.25, -0.2) is 0 Å². The Bertz CT molecular complexity index is 557. The normalized spacial score (nSPS) is 19.1. The third-order valence-electron chi connectivity index (χ3n) is 3.43. The molecule has 1 unspecified atom stereocenters. The summed E-state index contributed by atoms with van der Waals surface area (Å²) in [5.74, 6) is -1.85. The van der Waals surface area contributed by atoms with E-state index in [0.29, 0.717) is 18.0 Å². The number of carboxylic acids is 1. The van der Waals surface area contributed by atoms with Crippen LogP contribution in [0.2, 0.25) is 0 Å². The number of hydrogen-bond donors (Lipinski definition) is 3. The molecule has 2 heterocycles. The lowest BCUT2D eigenvalue weighted by molar-refractivity contribution is -0.145. The molecule has 2 rings (SSSR count). The predicted molar refractivity (Wildman–Crippen MR) is 78.3 cm³/mol. The van der Waals surface area contributed by atoms with E-state index in [1.54, 1.807) is 16.3 Å². The van der Waals surface area contributed by atoms with Crippen LogP contribution in [0.3, 0.4) is 0 Å². The number of thiophene rings is 1. The zero-order valence-electron chi connectivity index (χ0n) is 11.4. The molecule has 0 bridgehead atoms. The summed E-state index contributed by atoms with van der Waals surface area (Å²) >= 11 is 1.21. The maximum absolute atomic E-state index is 12.0.